The van der Waals surface area contributed by atoms with Crippen molar-refractivity contribution in [3.8, 4) is 11.3 Å². The first-order valence-corrected chi connectivity index (χ1v) is 7.52. The van der Waals surface area contributed by atoms with Crippen molar-refractivity contribution < 1.29 is 4.79 Å². The lowest BCUT2D eigenvalue weighted by molar-refractivity contribution is 0.101. The molecule has 23 heavy (non-hydrogen) atoms. The highest BCUT2D eigenvalue weighted by atomic mass is 16.2. The van der Waals surface area contributed by atoms with Gasteiger partial charge in [0.05, 0.1) is 11.4 Å². The number of hydrogen-bond acceptors (Lipinski definition) is 4. The molecule has 1 aliphatic carbocycles. The number of carbonyl (C=O) groups excluding carboxylic acids is 1. The molecule has 0 spiro atoms. The van der Waals surface area contributed by atoms with Crippen molar-refractivity contribution in [3.63, 3.8) is 0 Å². The molecule has 0 bridgehead atoms. The molecule has 1 saturated carbocycles. The van der Waals surface area contributed by atoms with Gasteiger partial charge in [0.2, 0.25) is 0 Å². The van der Waals surface area contributed by atoms with Crippen LogP contribution in [0.25, 0.3) is 11.3 Å². The van der Waals surface area contributed by atoms with E-state index in [9.17, 15) is 4.79 Å². The van der Waals surface area contributed by atoms with Crippen LogP contribution in [-0.4, -0.2) is 30.9 Å². The van der Waals surface area contributed by atoms with Gasteiger partial charge in [0.1, 0.15) is 5.69 Å². The van der Waals surface area contributed by atoms with Gasteiger partial charge in [-0.1, -0.05) is 0 Å². The summed E-state index contributed by atoms with van der Waals surface area (Å²) >= 11 is 0. The molecule has 0 aromatic carbocycles. The summed E-state index contributed by atoms with van der Waals surface area (Å²) in [5.74, 6) is 0.794. The summed E-state index contributed by atoms with van der Waals surface area (Å²) in [5.41, 5.74) is 3.33. The summed E-state index contributed by atoms with van der Waals surface area (Å²) in [4.78, 5) is 16.4. The van der Waals surface area contributed by atoms with Crippen LogP contribution in [0.15, 0.2) is 36.7 Å². The van der Waals surface area contributed by atoms with Gasteiger partial charge < -0.3 is 5.32 Å². The summed E-state index contributed by atoms with van der Waals surface area (Å²) in [6, 6.07) is 7.42. The SMILES string of the molecule is Cn1nc(C2CC2)cc1C(=O)Nc1cc(-c2ccncc2)[nH]n1. The van der Waals surface area contributed by atoms with Gasteiger partial charge in [-0.05, 0) is 31.0 Å². The van der Waals surface area contributed by atoms with Crippen molar-refractivity contribution in [1.29, 1.82) is 0 Å². The number of aromatic amines is 1. The Morgan fingerprint density at radius 3 is 2.83 bits per heavy atom. The number of H-pyrrole nitrogens is 1. The molecule has 1 fully saturated rings. The van der Waals surface area contributed by atoms with E-state index in [1.807, 2.05) is 18.2 Å². The van der Waals surface area contributed by atoms with E-state index in [2.05, 4.69) is 25.6 Å². The molecular weight excluding hydrogens is 292 g/mol. The average molecular weight is 308 g/mol. The fraction of sp³-hybridized carbons (Fsp3) is 0.250. The normalized spacial score (nSPS) is 14.0. The zero-order valence-corrected chi connectivity index (χ0v) is 12.7. The number of aromatic nitrogens is 5. The first kappa shape index (κ1) is 13.7. The lowest BCUT2D eigenvalue weighted by atomic mass is 10.2. The van der Waals surface area contributed by atoms with Gasteiger partial charge >= 0.3 is 0 Å². The van der Waals surface area contributed by atoms with E-state index in [4.69, 9.17) is 0 Å². The van der Waals surface area contributed by atoms with Crippen LogP contribution in [0.4, 0.5) is 5.82 Å². The monoisotopic (exact) mass is 308 g/mol. The number of anilines is 1. The van der Waals surface area contributed by atoms with E-state index < -0.39 is 0 Å². The van der Waals surface area contributed by atoms with E-state index in [1.54, 1.807) is 30.2 Å². The highest BCUT2D eigenvalue weighted by Gasteiger charge is 2.28. The van der Waals surface area contributed by atoms with Crippen LogP contribution in [0, 0.1) is 0 Å². The smallest absolute Gasteiger partial charge is 0.275 e. The molecule has 3 aromatic rings. The van der Waals surface area contributed by atoms with Crippen LogP contribution < -0.4 is 5.32 Å². The molecule has 0 saturated heterocycles. The fourth-order valence-corrected chi connectivity index (χ4v) is 2.53. The Morgan fingerprint density at radius 2 is 2.09 bits per heavy atom. The minimum Gasteiger partial charge on any atom is -0.304 e. The van der Waals surface area contributed by atoms with Gasteiger partial charge in [0, 0.05) is 37.0 Å². The maximum Gasteiger partial charge on any atom is 0.275 e. The van der Waals surface area contributed by atoms with Crippen molar-refractivity contribution in [2.45, 2.75) is 18.8 Å². The number of nitrogens with zero attached hydrogens (tertiary/aromatic N) is 4. The number of rotatable bonds is 4. The number of aryl methyl sites for hydroxylation is 1. The molecule has 2 N–H and O–H groups in total. The Kier molecular flexibility index (Phi) is 3.18. The molecule has 0 aliphatic heterocycles. The molecule has 7 nitrogen and oxygen atoms in total. The molecule has 4 rings (SSSR count). The fourth-order valence-electron chi connectivity index (χ4n) is 2.53. The van der Waals surface area contributed by atoms with Crippen LogP contribution in [0.2, 0.25) is 0 Å². The quantitative estimate of drug-likeness (QED) is 0.774. The van der Waals surface area contributed by atoms with Gasteiger partial charge in [-0.15, -0.1) is 0 Å². The summed E-state index contributed by atoms with van der Waals surface area (Å²) in [6.45, 7) is 0. The van der Waals surface area contributed by atoms with Crippen molar-refractivity contribution in [2.75, 3.05) is 5.32 Å². The van der Waals surface area contributed by atoms with Gasteiger partial charge in [0.25, 0.3) is 5.91 Å². The lowest BCUT2D eigenvalue weighted by Gasteiger charge is -2.01. The van der Waals surface area contributed by atoms with Crippen LogP contribution in [0.3, 0.4) is 0 Å². The molecule has 1 amide bonds. The number of pyridine rings is 1. The average Bonchev–Trinajstić information content (AvgIpc) is 3.19. The van der Waals surface area contributed by atoms with Crippen molar-refractivity contribution in [2.24, 2.45) is 7.05 Å². The molecule has 0 unspecified atom stereocenters. The predicted molar refractivity (Wildman–Crippen MR) is 85.0 cm³/mol. The molecule has 7 heteroatoms. The minimum absolute atomic E-state index is 0.209. The van der Waals surface area contributed by atoms with E-state index in [0.717, 1.165) is 29.8 Å². The maximum absolute atomic E-state index is 12.4. The third-order valence-electron chi connectivity index (χ3n) is 3.94. The highest BCUT2D eigenvalue weighted by molar-refractivity contribution is 6.02. The van der Waals surface area contributed by atoms with Crippen molar-refractivity contribution in [3.05, 3.63) is 48.0 Å². The van der Waals surface area contributed by atoms with Gasteiger partial charge in [0.15, 0.2) is 5.82 Å². The largest absolute Gasteiger partial charge is 0.304 e. The minimum atomic E-state index is -0.209. The number of carbonyl (C=O) groups is 1. The molecule has 0 atom stereocenters. The summed E-state index contributed by atoms with van der Waals surface area (Å²) in [5, 5.41) is 14.3. The Labute approximate surface area is 132 Å². The van der Waals surface area contributed by atoms with E-state index in [1.165, 1.54) is 0 Å². The molecular formula is C16H16N6O. The first-order chi connectivity index (χ1) is 11.2. The number of amides is 1. The molecule has 0 radical (unpaired) electrons. The van der Waals surface area contributed by atoms with Crippen LogP contribution in [0.5, 0.6) is 0 Å². The second kappa shape index (κ2) is 5.35. The Hall–Kier alpha value is -2.96. The summed E-state index contributed by atoms with van der Waals surface area (Å²) in [6.07, 6.45) is 5.74. The van der Waals surface area contributed by atoms with E-state index in [0.29, 0.717) is 17.4 Å². The van der Waals surface area contributed by atoms with Crippen LogP contribution >= 0.6 is 0 Å². The molecule has 3 aromatic heterocycles. The maximum atomic E-state index is 12.4. The van der Waals surface area contributed by atoms with Crippen molar-refractivity contribution >= 4 is 11.7 Å². The van der Waals surface area contributed by atoms with Crippen LogP contribution in [0.1, 0.15) is 34.9 Å². The highest BCUT2D eigenvalue weighted by Crippen LogP contribution is 2.39. The van der Waals surface area contributed by atoms with Crippen LogP contribution in [-0.2, 0) is 7.05 Å². The topological polar surface area (TPSA) is 88.5 Å². The Bertz CT molecular complexity index is 847. The zero-order chi connectivity index (χ0) is 15.8. The molecule has 116 valence electrons. The van der Waals surface area contributed by atoms with Gasteiger partial charge in [-0.2, -0.15) is 10.2 Å². The second-order valence-corrected chi connectivity index (χ2v) is 5.71. The number of hydrogen-bond donors (Lipinski definition) is 2. The third-order valence-corrected chi connectivity index (χ3v) is 3.94. The third kappa shape index (κ3) is 2.73. The van der Waals surface area contributed by atoms with Gasteiger partial charge in [-0.25, -0.2) is 0 Å². The summed E-state index contributed by atoms with van der Waals surface area (Å²) < 4.78 is 1.62. The van der Waals surface area contributed by atoms with E-state index in [-0.39, 0.29) is 5.91 Å². The summed E-state index contributed by atoms with van der Waals surface area (Å²) in [7, 11) is 1.79. The van der Waals surface area contributed by atoms with Crippen molar-refractivity contribution in [1.82, 2.24) is 25.0 Å². The van der Waals surface area contributed by atoms with Gasteiger partial charge in [-0.3, -0.25) is 19.6 Å². The second-order valence-electron chi connectivity index (χ2n) is 5.71. The number of nitrogens with one attached hydrogen (secondary N) is 2. The lowest BCUT2D eigenvalue weighted by Crippen LogP contribution is -2.16. The Balaban J connectivity index is 1.52. The predicted octanol–water partition coefficient (Wildman–Crippen LogP) is 2.33. The van der Waals surface area contributed by atoms with E-state index >= 15 is 0 Å². The first-order valence-electron chi connectivity index (χ1n) is 7.52. The zero-order valence-electron chi connectivity index (χ0n) is 12.7. The molecule has 1 aliphatic rings. The Morgan fingerprint density at radius 1 is 1.30 bits per heavy atom. The standard InChI is InChI=1S/C16H16N6O/c1-22-14(8-13(21-22)10-2-3-10)16(23)18-15-9-12(19-20-15)11-4-6-17-7-5-11/h4-10H,2-3H2,1H3,(H2,18,19,20,23). The molecule has 3 heterocycles.